The summed E-state index contributed by atoms with van der Waals surface area (Å²) in [6, 6.07) is 12.8. The van der Waals surface area contributed by atoms with Crippen LogP contribution in [0.25, 0.3) is 0 Å². The largest absolute Gasteiger partial charge is 0.493 e. The lowest BCUT2D eigenvalue weighted by atomic mass is 9.81. The molecule has 0 aromatic heterocycles. The van der Waals surface area contributed by atoms with E-state index in [1.165, 1.54) is 7.11 Å². The Hall–Kier alpha value is -3.84. The number of methoxy groups -OCH3 is 3. The molecule has 1 heterocycles. The molecule has 8 nitrogen and oxygen atoms in total. The Kier molecular flexibility index (Phi) is 7.04. The van der Waals surface area contributed by atoms with Crippen molar-refractivity contribution in [3.8, 4) is 11.8 Å². The van der Waals surface area contributed by atoms with Crippen molar-refractivity contribution in [2.75, 3.05) is 26.2 Å². The molecule has 0 amide bonds. The van der Waals surface area contributed by atoms with Gasteiger partial charge in [-0.3, -0.25) is 4.90 Å². The second-order valence-electron chi connectivity index (χ2n) is 6.78. The molecular weight excluding hydrogens is 497 g/mol. The van der Waals surface area contributed by atoms with Gasteiger partial charge in [-0.25, -0.2) is 14.0 Å². The van der Waals surface area contributed by atoms with E-state index in [0.29, 0.717) is 5.56 Å². The maximum Gasteiger partial charge on any atom is 0.355 e. The highest BCUT2D eigenvalue weighted by Crippen LogP contribution is 2.46. The third kappa shape index (κ3) is 4.15. The molecule has 0 saturated carbocycles. The number of ether oxygens (including phenoxy) is 3. The number of esters is 2. The van der Waals surface area contributed by atoms with Gasteiger partial charge in [-0.05, 0) is 27.6 Å². The fourth-order valence-electron chi connectivity index (χ4n) is 3.68. The molecule has 1 atom stereocenters. The second-order valence-corrected chi connectivity index (χ2v) is 7.63. The first kappa shape index (κ1) is 23.8. The minimum Gasteiger partial charge on any atom is -0.493 e. The van der Waals surface area contributed by atoms with Gasteiger partial charge in [0, 0.05) is 6.07 Å². The van der Waals surface area contributed by atoms with Crippen LogP contribution in [0.5, 0.6) is 5.75 Å². The molecule has 2 N–H and O–H groups in total. The number of hydrogen-bond donors (Lipinski definition) is 1. The molecule has 0 spiro atoms. The molecule has 2 aromatic carbocycles. The van der Waals surface area contributed by atoms with Gasteiger partial charge >= 0.3 is 11.9 Å². The van der Waals surface area contributed by atoms with Crippen LogP contribution in [-0.2, 0) is 19.1 Å². The summed E-state index contributed by atoms with van der Waals surface area (Å²) in [4.78, 5) is 27.1. The average molecular weight is 516 g/mol. The predicted molar refractivity (Wildman–Crippen MR) is 120 cm³/mol. The summed E-state index contributed by atoms with van der Waals surface area (Å²) in [6.07, 6.45) is 0. The maximum absolute atomic E-state index is 14.4. The Morgan fingerprint density at radius 1 is 1.12 bits per heavy atom. The number of carbonyl (C=O) groups is 2. The summed E-state index contributed by atoms with van der Waals surface area (Å²) >= 11 is 3.22. The number of benzene rings is 2. The zero-order chi connectivity index (χ0) is 24.3. The van der Waals surface area contributed by atoms with Crippen molar-refractivity contribution in [3.63, 3.8) is 0 Å². The zero-order valence-electron chi connectivity index (χ0n) is 17.9. The number of rotatable bonds is 5. The third-order valence-corrected chi connectivity index (χ3v) is 5.63. The Morgan fingerprint density at radius 2 is 1.76 bits per heavy atom. The first-order valence-electron chi connectivity index (χ1n) is 9.49. The van der Waals surface area contributed by atoms with E-state index < -0.39 is 23.7 Å². The van der Waals surface area contributed by atoms with Crippen molar-refractivity contribution < 1.29 is 28.2 Å². The van der Waals surface area contributed by atoms with Gasteiger partial charge in [0.2, 0.25) is 0 Å². The quantitative estimate of drug-likeness (QED) is 0.601. The zero-order valence-corrected chi connectivity index (χ0v) is 19.5. The summed E-state index contributed by atoms with van der Waals surface area (Å²) in [5.41, 5.74) is 6.33. The number of anilines is 1. The molecule has 0 fully saturated rings. The van der Waals surface area contributed by atoms with Crippen LogP contribution in [0.15, 0.2) is 69.6 Å². The Bertz CT molecular complexity index is 1220. The Balaban J connectivity index is 2.49. The minimum atomic E-state index is -1.03. The number of allylic oxidation sites excluding steroid dienone is 1. The van der Waals surface area contributed by atoms with Crippen LogP contribution in [-0.4, -0.2) is 33.3 Å². The number of nitriles is 1. The monoisotopic (exact) mass is 515 g/mol. The molecule has 1 aliphatic heterocycles. The first-order valence-corrected chi connectivity index (χ1v) is 10.3. The van der Waals surface area contributed by atoms with E-state index in [4.69, 9.17) is 19.9 Å². The summed E-state index contributed by atoms with van der Waals surface area (Å²) in [5.74, 6) is -3.63. The fourth-order valence-corrected chi connectivity index (χ4v) is 4.26. The van der Waals surface area contributed by atoms with Crippen LogP contribution in [0.1, 0.15) is 11.5 Å². The SMILES string of the molecule is COC(=O)C1=C(C(=O)OC)N(c2cc(F)cc(Br)c2OC)C(N)=C(C#N)C1c1ccccc1. The lowest BCUT2D eigenvalue weighted by Crippen LogP contribution is -2.41. The predicted octanol–water partition coefficient (Wildman–Crippen LogP) is 3.49. The van der Waals surface area contributed by atoms with Gasteiger partial charge in [-0.15, -0.1) is 0 Å². The Labute approximate surface area is 197 Å². The van der Waals surface area contributed by atoms with Crippen molar-refractivity contribution in [2.24, 2.45) is 5.73 Å². The lowest BCUT2D eigenvalue weighted by molar-refractivity contribution is -0.139. The highest BCUT2D eigenvalue weighted by Gasteiger charge is 2.43. The van der Waals surface area contributed by atoms with Gasteiger partial charge < -0.3 is 19.9 Å². The fraction of sp³-hybridized carbons (Fsp3) is 0.174. The first-order chi connectivity index (χ1) is 15.8. The topological polar surface area (TPSA) is 115 Å². The molecule has 0 bridgehead atoms. The second kappa shape index (κ2) is 9.75. The smallest absolute Gasteiger partial charge is 0.355 e. The summed E-state index contributed by atoms with van der Waals surface area (Å²) in [6.45, 7) is 0. The highest BCUT2D eigenvalue weighted by molar-refractivity contribution is 9.10. The van der Waals surface area contributed by atoms with Crippen LogP contribution >= 0.6 is 15.9 Å². The van der Waals surface area contributed by atoms with Crippen molar-refractivity contribution in [1.29, 1.82) is 5.26 Å². The van der Waals surface area contributed by atoms with Gasteiger partial charge in [-0.2, -0.15) is 5.26 Å². The van der Waals surface area contributed by atoms with Gasteiger partial charge in [0.25, 0.3) is 0 Å². The van der Waals surface area contributed by atoms with Crippen molar-refractivity contribution in [3.05, 3.63) is 81.0 Å². The van der Waals surface area contributed by atoms with E-state index in [-0.39, 0.29) is 38.6 Å². The normalized spacial score (nSPS) is 15.8. The summed E-state index contributed by atoms with van der Waals surface area (Å²) < 4.78 is 29.9. The average Bonchev–Trinajstić information content (AvgIpc) is 2.82. The van der Waals surface area contributed by atoms with Crippen LogP contribution in [0.3, 0.4) is 0 Å². The molecule has 0 aliphatic carbocycles. The molecule has 170 valence electrons. The number of nitrogens with two attached hydrogens (primary N) is 1. The molecule has 1 aliphatic rings. The molecule has 3 rings (SSSR count). The molecule has 0 radical (unpaired) electrons. The standard InChI is InChI=1S/C23H19BrFN3O5/c1-31-20-15(24)9-13(25)10-16(20)28-19(23(30)33-3)18(22(29)32-2)17(14(11-26)21(28)27)12-7-5-4-6-8-12/h4-10,17H,27H2,1-3H3. The van der Waals surface area contributed by atoms with Crippen LogP contribution in [0.2, 0.25) is 0 Å². The molecule has 0 saturated heterocycles. The van der Waals surface area contributed by atoms with Crippen molar-refractivity contribution >= 4 is 33.6 Å². The van der Waals surface area contributed by atoms with E-state index in [1.54, 1.807) is 30.3 Å². The number of halogens is 2. The lowest BCUT2D eigenvalue weighted by Gasteiger charge is -2.36. The maximum atomic E-state index is 14.4. The minimum absolute atomic E-state index is 0.0251. The van der Waals surface area contributed by atoms with Crippen molar-refractivity contribution in [2.45, 2.75) is 5.92 Å². The molecular formula is C23H19BrFN3O5. The van der Waals surface area contributed by atoms with Gasteiger partial charge in [0.1, 0.15) is 17.3 Å². The molecule has 1 unspecified atom stereocenters. The van der Waals surface area contributed by atoms with Crippen LogP contribution < -0.4 is 15.4 Å². The van der Waals surface area contributed by atoms with Gasteiger partial charge in [0.15, 0.2) is 5.75 Å². The number of carbonyl (C=O) groups excluding carboxylic acids is 2. The Morgan fingerprint density at radius 3 is 2.30 bits per heavy atom. The van der Waals surface area contributed by atoms with E-state index >= 15 is 0 Å². The number of hydrogen-bond acceptors (Lipinski definition) is 8. The van der Waals surface area contributed by atoms with E-state index in [1.807, 2.05) is 6.07 Å². The molecule has 2 aromatic rings. The summed E-state index contributed by atoms with van der Waals surface area (Å²) in [7, 11) is 3.61. The highest BCUT2D eigenvalue weighted by atomic mass is 79.9. The third-order valence-electron chi connectivity index (χ3n) is 5.04. The van der Waals surface area contributed by atoms with Gasteiger partial charge in [0.05, 0.1) is 54.6 Å². The molecule has 10 heteroatoms. The van der Waals surface area contributed by atoms with Crippen LogP contribution in [0, 0.1) is 17.1 Å². The number of nitrogens with zero attached hydrogens (tertiary/aromatic N) is 2. The summed E-state index contributed by atoms with van der Waals surface area (Å²) in [5, 5.41) is 10.0. The van der Waals surface area contributed by atoms with E-state index in [2.05, 4.69) is 15.9 Å². The van der Waals surface area contributed by atoms with Gasteiger partial charge in [-0.1, -0.05) is 30.3 Å². The molecule has 33 heavy (non-hydrogen) atoms. The van der Waals surface area contributed by atoms with E-state index in [9.17, 15) is 19.2 Å². The van der Waals surface area contributed by atoms with Crippen LogP contribution in [0.4, 0.5) is 10.1 Å². The van der Waals surface area contributed by atoms with Crippen molar-refractivity contribution in [1.82, 2.24) is 0 Å². The van der Waals surface area contributed by atoms with E-state index in [0.717, 1.165) is 31.3 Å².